The predicted molar refractivity (Wildman–Crippen MR) is 88.3 cm³/mol. The van der Waals surface area contributed by atoms with Crippen molar-refractivity contribution in [2.24, 2.45) is 0 Å². The molecule has 0 atom stereocenters. The molecule has 1 fully saturated rings. The highest BCUT2D eigenvalue weighted by atomic mass is 16.5. The number of imidazole rings is 1. The zero-order valence-corrected chi connectivity index (χ0v) is 14.3. The second-order valence-corrected chi connectivity index (χ2v) is 6.24. The van der Waals surface area contributed by atoms with Crippen LogP contribution in [0.3, 0.4) is 0 Å². The van der Waals surface area contributed by atoms with E-state index in [1.807, 2.05) is 32.0 Å². The van der Waals surface area contributed by atoms with Gasteiger partial charge in [0.1, 0.15) is 13.1 Å². The minimum atomic E-state index is -0.329. The van der Waals surface area contributed by atoms with Gasteiger partial charge in [-0.15, -0.1) is 0 Å². The number of aromatic nitrogens is 2. The van der Waals surface area contributed by atoms with Crippen LogP contribution in [0, 0.1) is 0 Å². The van der Waals surface area contributed by atoms with Crippen molar-refractivity contribution in [2.45, 2.75) is 19.4 Å². The molecular weight excluding hydrogens is 310 g/mol. The highest BCUT2D eigenvalue weighted by Crippen LogP contribution is 2.31. The van der Waals surface area contributed by atoms with Gasteiger partial charge in [0.15, 0.2) is 11.5 Å². The van der Waals surface area contributed by atoms with Crippen molar-refractivity contribution in [2.75, 3.05) is 27.6 Å². The summed E-state index contributed by atoms with van der Waals surface area (Å²) in [6.45, 7) is 4.76. The van der Waals surface area contributed by atoms with Gasteiger partial charge in [0.2, 0.25) is 0 Å². The van der Waals surface area contributed by atoms with Gasteiger partial charge in [-0.3, -0.25) is 9.47 Å². The van der Waals surface area contributed by atoms with Crippen molar-refractivity contribution in [1.29, 1.82) is 0 Å². The molecule has 3 rings (SSSR count). The summed E-state index contributed by atoms with van der Waals surface area (Å²) < 4.78 is 17.4. The number of amides is 1. The number of nitrogens with zero attached hydrogens (tertiary/aromatic N) is 3. The van der Waals surface area contributed by atoms with E-state index in [1.54, 1.807) is 25.3 Å². The van der Waals surface area contributed by atoms with Crippen molar-refractivity contribution in [3.63, 3.8) is 0 Å². The van der Waals surface area contributed by atoms with Gasteiger partial charge in [-0.05, 0) is 32.0 Å². The minimum Gasteiger partial charge on any atom is -0.493 e. The van der Waals surface area contributed by atoms with Gasteiger partial charge in [-0.2, -0.15) is 0 Å². The van der Waals surface area contributed by atoms with Crippen LogP contribution in [0.25, 0.3) is 11.3 Å². The molecule has 1 saturated heterocycles. The Hall–Kier alpha value is -2.54. The number of carbonyl (C=O) groups excluding carboxylic acids is 1. The second-order valence-electron chi connectivity index (χ2n) is 6.24. The Balaban J connectivity index is 1.87. The van der Waals surface area contributed by atoms with E-state index in [0.29, 0.717) is 23.8 Å². The maximum Gasteiger partial charge on any atom is 0.331 e. The topological polar surface area (TPSA) is 65.8 Å². The van der Waals surface area contributed by atoms with E-state index < -0.39 is 0 Å². The first-order valence-electron chi connectivity index (χ1n) is 7.62. The Labute approximate surface area is 140 Å². The summed E-state index contributed by atoms with van der Waals surface area (Å²) in [5.41, 5.74) is 1.20. The Bertz CT molecular complexity index is 754. The molecule has 1 aromatic carbocycles. The summed E-state index contributed by atoms with van der Waals surface area (Å²) in [4.78, 5) is 18.7. The van der Waals surface area contributed by atoms with Crippen LogP contribution in [-0.4, -0.2) is 53.6 Å². The third-order valence-electron chi connectivity index (χ3n) is 4.12. The van der Waals surface area contributed by atoms with Gasteiger partial charge in [0.25, 0.3) is 0 Å². The van der Waals surface area contributed by atoms with E-state index in [-0.39, 0.29) is 18.3 Å². The lowest BCUT2D eigenvalue weighted by Gasteiger charge is -2.28. The molecule has 1 aliphatic heterocycles. The molecule has 1 aromatic heterocycles. The highest BCUT2D eigenvalue weighted by Gasteiger charge is 2.37. The fourth-order valence-corrected chi connectivity index (χ4v) is 2.66. The molecule has 0 spiro atoms. The van der Waals surface area contributed by atoms with E-state index in [0.717, 1.165) is 5.56 Å². The molecule has 0 radical (unpaired) electrons. The quantitative estimate of drug-likeness (QED) is 0.865. The molecule has 1 amide bonds. The molecule has 7 nitrogen and oxygen atoms in total. The second kappa shape index (κ2) is 6.16. The first-order chi connectivity index (χ1) is 11.5. The fraction of sp³-hybridized carbons (Fsp3) is 0.412. The maximum absolute atomic E-state index is 12.7. The van der Waals surface area contributed by atoms with Crippen molar-refractivity contribution < 1.29 is 19.0 Å². The van der Waals surface area contributed by atoms with Gasteiger partial charge in [-0.25, -0.2) is 9.78 Å². The van der Waals surface area contributed by atoms with Crippen LogP contribution < -0.4 is 9.47 Å². The molecule has 128 valence electrons. The molecular formula is C17H21N3O4. The lowest BCUT2D eigenvalue weighted by atomic mass is 10.1. The monoisotopic (exact) mass is 331 g/mol. The van der Waals surface area contributed by atoms with Crippen LogP contribution in [0.2, 0.25) is 0 Å². The molecule has 2 aromatic rings. The molecule has 7 heteroatoms. The first-order valence-corrected chi connectivity index (χ1v) is 7.62. The summed E-state index contributed by atoms with van der Waals surface area (Å²) in [7, 11) is 3.17. The normalized spacial score (nSPS) is 16.2. The summed E-state index contributed by atoms with van der Waals surface area (Å²) in [6.07, 6.45) is 3.22. The highest BCUT2D eigenvalue weighted by molar-refractivity contribution is 5.79. The summed E-state index contributed by atoms with van der Waals surface area (Å²) in [5.74, 6) is 1.26. The van der Waals surface area contributed by atoms with Gasteiger partial charge in [-0.1, -0.05) is 0 Å². The summed E-state index contributed by atoms with van der Waals surface area (Å²) in [5, 5.41) is 0. The average Bonchev–Trinajstić information content (AvgIpc) is 3.20. The number of benzene rings is 1. The zero-order valence-electron chi connectivity index (χ0n) is 14.3. The standard InChI is InChI=1S/C17H21N3O4/c1-17(2)9-24-11-20(17)16(21)19-8-13(18-10-19)12-5-6-14(22-3)15(7-12)23-4/h5-8,10H,9,11H2,1-4H3. The number of ether oxygens (including phenoxy) is 3. The van der Waals surface area contributed by atoms with Crippen LogP contribution in [0.4, 0.5) is 4.79 Å². The Morgan fingerprint density at radius 2 is 2.00 bits per heavy atom. The Kier molecular flexibility index (Phi) is 4.19. The predicted octanol–water partition coefficient (Wildman–Crippen LogP) is 2.60. The molecule has 2 heterocycles. The molecule has 0 unspecified atom stereocenters. The third kappa shape index (κ3) is 2.82. The maximum atomic E-state index is 12.7. The van der Waals surface area contributed by atoms with Crippen molar-refractivity contribution >= 4 is 6.03 Å². The number of hydrogen-bond donors (Lipinski definition) is 0. The first kappa shape index (κ1) is 16.3. The smallest absolute Gasteiger partial charge is 0.331 e. The minimum absolute atomic E-state index is 0.156. The molecule has 0 aliphatic carbocycles. The van der Waals surface area contributed by atoms with Crippen molar-refractivity contribution in [3.8, 4) is 22.8 Å². The van der Waals surface area contributed by atoms with Crippen LogP contribution >= 0.6 is 0 Å². The average molecular weight is 331 g/mol. The Morgan fingerprint density at radius 1 is 1.25 bits per heavy atom. The summed E-state index contributed by atoms with van der Waals surface area (Å²) in [6, 6.07) is 5.36. The SMILES string of the molecule is COc1ccc(-c2cn(C(=O)N3COCC3(C)C)cn2)cc1OC. The van der Waals surface area contributed by atoms with Crippen molar-refractivity contribution in [1.82, 2.24) is 14.5 Å². The lowest BCUT2D eigenvalue weighted by Crippen LogP contribution is -2.45. The lowest BCUT2D eigenvalue weighted by molar-refractivity contribution is 0.140. The number of carbonyl (C=O) groups is 1. The number of methoxy groups -OCH3 is 2. The van der Waals surface area contributed by atoms with Gasteiger partial charge >= 0.3 is 6.03 Å². The Morgan fingerprint density at radius 3 is 2.62 bits per heavy atom. The van der Waals surface area contributed by atoms with Crippen molar-refractivity contribution in [3.05, 3.63) is 30.7 Å². The van der Waals surface area contributed by atoms with Gasteiger partial charge < -0.3 is 14.2 Å². The number of rotatable bonds is 3. The van der Waals surface area contributed by atoms with E-state index >= 15 is 0 Å². The summed E-state index contributed by atoms with van der Waals surface area (Å²) >= 11 is 0. The molecule has 1 aliphatic rings. The third-order valence-corrected chi connectivity index (χ3v) is 4.12. The van der Waals surface area contributed by atoms with Gasteiger partial charge in [0.05, 0.1) is 32.1 Å². The van der Waals surface area contributed by atoms with Crippen LogP contribution in [-0.2, 0) is 4.74 Å². The van der Waals surface area contributed by atoms with E-state index in [1.165, 1.54) is 10.9 Å². The number of hydrogen-bond acceptors (Lipinski definition) is 5. The molecule has 0 bridgehead atoms. The van der Waals surface area contributed by atoms with E-state index in [2.05, 4.69) is 4.98 Å². The van der Waals surface area contributed by atoms with Gasteiger partial charge in [0, 0.05) is 11.8 Å². The van der Waals surface area contributed by atoms with E-state index in [4.69, 9.17) is 14.2 Å². The fourth-order valence-electron chi connectivity index (χ4n) is 2.66. The van der Waals surface area contributed by atoms with E-state index in [9.17, 15) is 4.79 Å². The van der Waals surface area contributed by atoms with Crippen LogP contribution in [0.15, 0.2) is 30.7 Å². The van der Waals surface area contributed by atoms with Crippen LogP contribution in [0.1, 0.15) is 13.8 Å². The molecule has 0 saturated carbocycles. The molecule has 24 heavy (non-hydrogen) atoms. The molecule has 0 N–H and O–H groups in total. The van der Waals surface area contributed by atoms with Crippen LogP contribution in [0.5, 0.6) is 11.5 Å². The largest absolute Gasteiger partial charge is 0.493 e. The zero-order chi connectivity index (χ0) is 17.3.